The van der Waals surface area contributed by atoms with Crippen LogP contribution in [-0.2, 0) is 5.54 Å². The van der Waals surface area contributed by atoms with Crippen molar-refractivity contribution in [2.45, 2.75) is 51.0 Å². The van der Waals surface area contributed by atoms with E-state index in [1.165, 1.54) is 28.2 Å². The minimum Gasteiger partial charge on any atom is -0.305 e. The smallest absolute Gasteiger partial charge is 0.118 e. The summed E-state index contributed by atoms with van der Waals surface area (Å²) in [6.45, 7) is 6.75. The van der Waals surface area contributed by atoms with Gasteiger partial charge < -0.3 is 5.32 Å². The van der Waals surface area contributed by atoms with Crippen LogP contribution < -0.4 is 5.32 Å². The maximum atomic E-state index is 4.96. The van der Waals surface area contributed by atoms with E-state index in [1.54, 1.807) is 11.3 Å². The largest absolute Gasteiger partial charge is 0.305 e. The molecule has 21 heavy (non-hydrogen) atoms. The molecule has 2 unspecified atom stereocenters. The van der Waals surface area contributed by atoms with Crippen molar-refractivity contribution >= 4 is 11.3 Å². The SMILES string of the molecule is CNC1(c2nc(C(C)C)cs2)CCC(C)c2ccccc21. The van der Waals surface area contributed by atoms with Gasteiger partial charge in [0.2, 0.25) is 0 Å². The Morgan fingerprint density at radius 1 is 1.33 bits per heavy atom. The third kappa shape index (κ3) is 2.33. The van der Waals surface area contributed by atoms with Gasteiger partial charge in [-0.15, -0.1) is 11.3 Å². The standard InChI is InChI=1S/C18H24N2S/c1-12(2)16-11-21-17(20-16)18(19-4)10-9-13(3)14-7-5-6-8-15(14)18/h5-8,11-13,19H,9-10H2,1-4H3. The van der Waals surface area contributed by atoms with Crippen LogP contribution in [-0.4, -0.2) is 12.0 Å². The van der Waals surface area contributed by atoms with Crippen LogP contribution in [0.5, 0.6) is 0 Å². The van der Waals surface area contributed by atoms with Gasteiger partial charge in [0.15, 0.2) is 0 Å². The lowest BCUT2D eigenvalue weighted by molar-refractivity contribution is 0.348. The lowest BCUT2D eigenvalue weighted by Crippen LogP contribution is -2.44. The van der Waals surface area contributed by atoms with E-state index in [1.807, 2.05) is 0 Å². The third-order valence-electron chi connectivity index (χ3n) is 4.81. The van der Waals surface area contributed by atoms with Crippen LogP contribution in [0.3, 0.4) is 0 Å². The highest BCUT2D eigenvalue weighted by molar-refractivity contribution is 7.09. The molecule has 0 bridgehead atoms. The van der Waals surface area contributed by atoms with Crippen LogP contribution in [0.4, 0.5) is 0 Å². The molecule has 0 aliphatic heterocycles. The minimum absolute atomic E-state index is 0.110. The van der Waals surface area contributed by atoms with E-state index in [9.17, 15) is 0 Å². The topological polar surface area (TPSA) is 24.9 Å². The summed E-state index contributed by atoms with van der Waals surface area (Å²) in [5.74, 6) is 1.12. The fraction of sp³-hybridized carbons (Fsp3) is 0.500. The summed E-state index contributed by atoms with van der Waals surface area (Å²) in [5.41, 5.74) is 3.98. The number of thiazole rings is 1. The molecule has 3 heteroatoms. The van der Waals surface area contributed by atoms with E-state index >= 15 is 0 Å². The van der Waals surface area contributed by atoms with E-state index in [0.29, 0.717) is 11.8 Å². The van der Waals surface area contributed by atoms with E-state index in [4.69, 9.17) is 4.98 Å². The maximum absolute atomic E-state index is 4.96. The van der Waals surface area contributed by atoms with Crippen molar-refractivity contribution in [1.29, 1.82) is 0 Å². The number of fused-ring (bicyclic) bond motifs is 1. The van der Waals surface area contributed by atoms with Gasteiger partial charge in [-0.1, -0.05) is 45.0 Å². The van der Waals surface area contributed by atoms with E-state index in [-0.39, 0.29) is 5.54 Å². The van der Waals surface area contributed by atoms with Crippen LogP contribution in [0.25, 0.3) is 0 Å². The van der Waals surface area contributed by atoms with Gasteiger partial charge in [-0.25, -0.2) is 4.98 Å². The molecule has 1 aliphatic rings. The first kappa shape index (κ1) is 14.7. The van der Waals surface area contributed by atoms with Gasteiger partial charge in [-0.2, -0.15) is 0 Å². The number of benzene rings is 1. The zero-order valence-corrected chi connectivity index (χ0v) is 14.1. The molecule has 0 spiro atoms. The predicted octanol–water partition coefficient (Wildman–Crippen LogP) is 4.63. The Labute approximate surface area is 131 Å². The molecule has 0 radical (unpaired) electrons. The summed E-state index contributed by atoms with van der Waals surface area (Å²) < 4.78 is 0. The van der Waals surface area contributed by atoms with Gasteiger partial charge in [0.25, 0.3) is 0 Å². The third-order valence-corrected chi connectivity index (χ3v) is 5.83. The number of hydrogen-bond acceptors (Lipinski definition) is 3. The first-order valence-electron chi connectivity index (χ1n) is 7.82. The number of hydrogen-bond donors (Lipinski definition) is 1. The molecule has 1 N–H and O–H groups in total. The van der Waals surface area contributed by atoms with Gasteiger partial charge in [0.1, 0.15) is 5.01 Å². The first-order valence-corrected chi connectivity index (χ1v) is 8.70. The summed E-state index contributed by atoms with van der Waals surface area (Å²) in [4.78, 5) is 4.96. The van der Waals surface area contributed by atoms with Crippen LogP contribution in [0.15, 0.2) is 29.6 Å². The lowest BCUT2D eigenvalue weighted by atomic mass is 9.72. The second-order valence-corrected chi connectivity index (χ2v) is 7.27. The molecule has 1 aliphatic carbocycles. The highest BCUT2D eigenvalue weighted by Crippen LogP contribution is 2.45. The van der Waals surface area contributed by atoms with Crippen molar-refractivity contribution in [3.05, 3.63) is 51.5 Å². The average molecular weight is 300 g/mol. The van der Waals surface area contributed by atoms with Crippen molar-refractivity contribution < 1.29 is 0 Å². The second kappa shape index (κ2) is 5.54. The van der Waals surface area contributed by atoms with Crippen LogP contribution in [0, 0.1) is 0 Å². The van der Waals surface area contributed by atoms with Gasteiger partial charge in [0, 0.05) is 5.38 Å². The Morgan fingerprint density at radius 2 is 2.10 bits per heavy atom. The normalized spacial score (nSPS) is 25.1. The summed E-state index contributed by atoms with van der Waals surface area (Å²) >= 11 is 1.80. The molecule has 0 saturated carbocycles. The molecule has 0 fully saturated rings. The van der Waals surface area contributed by atoms with Crippen molar-refractivity contribution in [2.24, 2.45) is 0 Å². The maximum Gasteiger partial charge on any atom is 0.118 e. The molecule has 2 nitrogen and oxygen atoms in total. The zero-order valence-electron chi connectivity index (χ0n) is 13.3. The quantitative estimate of drug-likeness (QED) is 0.894. The molecule has 1 aromatic carbocycles. The van der Waals surface area contributed by atoms with E-state index in [0.717, 1.165) is 6.42 Å². The molecular weight excluding hydrogens is 276 g/mol. The number of nitrogens with one attached hydrogen (secondary N) is 1. The molecule has 1 aromatic heterocycles. The minimum atomic E-state index is -0.110. The molecule has 2 aromatic rings. The highest BCUT2D eigenvalue weighted by Gasteiger charge is 2.41. The Morgan fingerprint density at radius 3 is 2.76 bits per heavy atom. The fourth-order valence-electron chi connectivity index (χ4n) is 3.37. The molecule has 2 atom stereocenters. The molecule has 0 saturated heterocycles. The Kier molecular flexibility index (Phi) is 3.89. The fourth-order valence-corrected chi connectivity index (χ4v) is 4.61. The Bertz CT molecular complexity index is 632. The molecule has 1 heterocycles. The van der Waals surface area contributed by atoms with Crippen molar-refractivity contribution in [3.8, 4) is 0 Å². The Hall–Kier alpha value is -1.19. The number of nitrogens with zero attached hydrogens (tertiary/aromatic N) is 1. The molecule has 3 rings (SSSR count). The summed E-state index contributed by atoms with van der Waals surface area (Å²) in [7, 11) is 2.07. The lowest BCUT2D eigenvalue weighted by Gasteiger charge is -2.40. The van der Waals surface area contributed by atoms with Gasteiger partial charge in [0.05, 0.1) is 11.2 Å². The second-order valence-electron chi connectivity index (χ2n) is 6.41. The highest BCUT2D eigenvalue weighted by atomic mass is 32.1. The first-order chi connectivity index (χ1) is 10.1. The number of rotatable bonds is 3. The van der Waals surface area contributed by atoms with Crippen molar-refractivity contribution in [3.63, 3.8) is 0 Å². The van der Waals surface area contributed by atoms with Crippen molar-refractivity contribution in [1.82, 2.24) is 10.3 Å². The number of aromatic nitrogens is 1. The predicted molar refractivity (Wildman–Crippen MR) is 90.1 cm³/mol. The molecular formula is C18H24N2S. The summed E-state index contributed by atoms with van der Waals surface area (Å²) in [5, 5.41) is 7.05. The average Bonchev–Trinajstić information content (AvgIpc) is 2.99. The van der Waals surface area contributed by atoms with Crippen LogP contribution in [0.1, 0.15) is 67.3 Å². The van der Waals surface area contributed by atoms with Gasteiger partial charge in [-0.05, 0) is 42.9 Å². The van der Waals surface area contributed by atoms with Gasteiger partial charge in [-0.3, -0.25) is 0 Å². The van der Waals surface area contributed by atoms with Gasteiger partial charge >= 0.3 is 0 Å². The molecule has 0 amide bonds. The van der Waals surface area contributed by atoms with Crippen molar-refractivity contribution in [2.75, 3.05) is 7.05 Å². The van der Waals surface area contributed by atoms with Crippen LogP contribution >= 0.6 is 11.3 Å². The zero-order chi connectivity index (χ0) is 15.0. The Balaban J connectivity index is 2.14. The molecule has 112 valence electrons. The summed E-state index contributed by atoms with van der Waals surface area (Å²) in [6, 6.07) is 8.86. The van der Waals surface area contributed by atoms with Crippen LogP contribution in [0.2, 0.25) is 0 Å². The summed E-state index contributed by atoms with van der Waals surface area (Å²) in [6.07, 6.45) is 2.32. The van der Waals surface area contributed by atoms with E-state index < -0.39 is 0 Å². The van der Waals surface area contributed by atoms with E-state index in [2.05, 4.69) is 62.8 Å². The monoisotopic (exact) mass is 300 g/mol.